The van der Waals surface area contributed by atoms with Crippen molar-refractivity contribution in [1.82, 2.24) is 4.98 Å². The lowest BCUT2D eigenvalue weighted by Gasteiger charge is -2.07. The van der Waals surface area contributed by atoms with Gasteiger partial charge in [-0.3, -0.25) is 0 Å². The third-order valence-electron chi connectivity index (χ3n) is 2.13. The Hall–Kier alpha value is -1.58. The minimum Gasteiger partial charge on any atom is -0.465 e. The lowest BCUT2D eigenvalue weighted by molar-refractivity contribution is 0.0601. The van der Waals surface area contributed by atoms with Crippen molar-refractivity contribution in [2.45, 2.75) is 18.9 Å². The zero-order valence-corrected chi connectivity index (χ0v) is 7.99. The molecule has 1 aliphatic carbocycles. The van der Waals surface area contributed by atoms with Crippen LogP contribution in [-0.4, -0.2) is 24.1 Å². The number of pyridine rings is 1. The second kappa shape index (κ2) is 3.65. The lowest BCUT2D eigenvalue weighted by atomic mass is 10.2. The van der Waals surface area contributed by atoms with Crippen molar-refractivity contribution in [3.63, 3.8) is 0 Å². The van der Waals surface area contributed by atoms with Gasteiger partial charge < -0.3 is 10.1 Å². The number of nitrogens with zero attached hydrogens (tertiary/aromatic N) is 1. The summed E-state index contributed by atoms with van der Waals surface area (Å²) in [6, 6.07) is 3.92. The van der Waals surface area contributed by atoms with Gasteiger partial charge in [-0.25, -0.2) is 9.78 Å². The molecule has 0 spiro atoms. The van der Waals surface area contributed by atoms with E-state index in [2.05, 4.69) is 15.0 Å². The summed E-state index contributed by atoms with van der Waals surface area (Å²) in [7, 11) is 1.37. The highest BCUT2D eigenvalue weighted by Crippen LogP contribution is 2.25. The fourth-order valence-electron chi connectivity index (χ4n) is 1.22. The average molecular weight is 192 g/mol. The molecule has 74 valence electrons. The number of rotatable bonds is 3. The number of hydrogen-bond donors (Lipinski definition) is 1. The topological polar surface area (TPSA) is 51.2 Å². The summed E-state index contributed by atoms with van der Waals surface area (Å²) in [6.07, 6.45) is 3.96. The lowest BCUT2D eigenvalue weighted by Crippen LogP contribution is -2.10. The molecule has 1 aromatic rings. The van der Waals surface area contributed by atoms with Crippen LogP contribution in [-0.2, 0) is 4.74 Å². The number of hydrogen-bond acceptors (Lipinski definition) is 4. The Labute approximate surface area is 82.3 Å². The van der Waals surface area contributed by atoms with Crippen molar-refractivity contribution < 1.29 is 9.53 Å². The molecule has 0 radical (unpaired) electrons. The van der Waals surface area contributed by atoms with E-state index in [1.165, 1.54) is 7.11 Å². The maximum absolute atomic E-state index is 11.3. The van der Waals surface area contributed by atoms with E-state index in [-0.39, 0.29) is 5.97 Å². The van der Waals surface area contributed by atoms with Crippen molar-refractivity contribution in [3.8, 4) is 0 Å². The summed E-state index contributed by atoms with van der Waals surface area (Å²) in [5, 5.41) is 3.19. The summed E-state index contributed by atoms with van der Waals surface area (Å²) in [5.74, 6) is 0.281. The fraction of sp³-hybridized carbons (Fsp3) is 0.400. The zero-order chi connectivity index (χ0) is 9.97. The van der Waals surface area contributed by atoms with Gasteiger partial charge in [0.2, 0.25) is 0 Å². The van der Waals surface area contributed by atoms with Gasteiger partial charge in [0, 0.05) is 12.2 Å². The molecular weight excluding hydrogens is 180 g/mol. The summed E-state index contributed by atoms with van der Waals surface area (Å²) in [5.41, 5.74) is 0.502. The van der Waals surface area contributed by atoms with E-state index in [0.29, 0.717) is 17.4 Å². The van der Waals surface area contributed by atoms with Crippen LogP contribution in [0.4, 0.5) is 5.82 Å². The zero-order valence-electron chi connectivity index (χ0n) is 7.99. The van der Waals surface area contributed by atoms with Gasteiger partial charge in [0.1, 0.15) is 11.4 Å². The first-order valence-electron chi connectivity index (χ1n) is 4.61. The van der Waals surface area contributed by atoms with E-state index in [1.807, 2.05) is 0 Å². The van der Waals surface area contributed by atoms with E-state index in [1.54, 1.807) is 18.3 Å². The molecule has 4 nitrogen and oxygen atoms in total. The third kappa shape index (κ3) is 1.84. The van der Waals surface area contributed by atoms with Crippen LogP contribution in [0.25, 0.3) is 0 Å². The van der Waals surface area contributed by atoms with E-state index in [9.17, 15) is 4.79 Å². The molecule has 1 N–H and O–H groups in total. The van der Waals surface area contributed by atoms with Gasteiger partial charge in [-0.2, -0.15) is 0 Å². The first kappa shape index (κ1) is 8.99. The molecule has 1 aliphatic rings. The highest BCUT2D eigenvalue weighted by Gasteiger charge is 2.23. The van der Waals surface area contributed by atoms with Crippen LogP contribution in [0.2, 0.25) is 0 Å². The van der Waals surface area contributed by atoms with Gasteiger partial charge in [-0.1, -0.05) is 0 Å². The predicted octanol–water partition coefficient (Wildman–Crippen LogP) is 1.44. The Bertz CT molecular complexity index is 348. The Kier molecular flexibility index (Phi) is 2.35. The van der Waals surface area contributed by atoms with Gasteiger partial charge in [-0.15, -0.1) is 0 Å². The number of methoxy groups -OCH3 is 1. The summed E-state index contributed by atoms with van der Waals surface area (Å²) in [6.45, 7) is 0. The molecule has 2 rings (SSSR count). The van der Waals surface area contributed by atoms with Gasteiger partial charge in [0.15, 0.2) is 0 Å². The molecule has 1 heterocycles. The average Bonchev–Trinajstić information content (AvgIpc) is 3.01. The van der Waals surface area contributed by atoms with E-state index in [0.717, 1.165) is 12.8 Å². The maximum atomic E-state index is 11.3. The number of nitrogens with one attached hydrogen (secondary N) is 1. The highest BCUT2D eigenvalue weighted by atomic mass is 16.5. The highest BCUT2D eigenvalue weighted by molar-refractivity contribution is 5.94. The smallest absolute Gasteiger partial charge is 0.341 e. The van der Waals surface area contributed by atoms with Gasteiger partial charge >= 0.3 is 5.97 Å². The van der Waals surface area contributed by atoms with Crippen LogP contribution < -0.4 is 5.32 Å². The molecule has 0 amide bonds. The minimum atomic E-state index is -0.346. The van der Waals surface area contributed by atoms with Crippen molar-refractivity contribution in [3.05, 3.63) is 23.9 Å². The third-order valence-corrected chi connectivity index (χ3v) is 2.13. The van der Waals surface area contributed by atoms with Gasteiger partial charge in [0.25, 0.3) is 0 Å². The first-order chi connectivity index (χ1) is 6.81. The molecule has 1 fully saturated rings. The Morgan fingerprint density at radius 3 is 3.07 bits per heavy atom. The number of anilines is 1. The summed E-state index contributed by atoms with van der Waals surface area (Å²) < 4.78 is 4.66. The predicted molar refractivity (Wildman–Crippen MR) is 52.2 cm³/mol. The Morgan fingerprint density at radius 1 is 1.64 bits per heavy atom. The van der Waals surface area contributed by atoms with Crippen LogP contribution in [0.5, 0.6) is 0 Å². The fourth-order valence-corrected chi connectivity index (χ4v) is 1.22. The minimum absolute atomic E-state index is 0.346. The normalized spacial score (nSPS) is 14.9. The SMILES string of the molecule is COC(=O)c1cccnc1NC1CC1. The van der Waals surface area contributed by atoms with E-state index in [4.69, 9.17) is 0 Å². The van der Waals surface area contributed by atoms with Gasteiger partial charge in [-0.05, 0) is 25.0 Å². The molecule has 14 heavy (non-hydrogen) atoms. The van der Waals surface area contributed by atoms with Crippen LogP contribution in [0.15, 0.2) is 18.3 Å². The van der Waals surface area contributed by atoms with Crippen LogP contribution in [0.1, 0.15) is 23.2 Å². The van der Waals surface area contributed by atoms with Crippen molar-refractivity contribution >= 4 is 11.8 Å². The standard InChI is InChI=1S/C10H12N2O2/c1-14-10(13)8-3-2-6-11-9(8)12-7-4-5-7/h2-3,6-7H,4-5H2,1H3,(H,11,12). The number of esters is 1. The monoisotopic (exact) mass is 192 g/mol. The first-order valence-corrected chi connectivity index (χ1v) is 4.61. The summed E-state index contributed by atoms with van der Waals surface area (Å²) >= 11 is 0. The molecule has 0 aliphatic heterocycles. The van der Waals surface area contributed by atoms with E-state index < -0.39 is 0 Å². The molecule has 0 unspecified atom stereocenters. The number of carbonyl (C=O) groups excluding carboxylic acids is 1. The van der Waals surface area contributed by atoms with Crippen molar-refractivity contribution in [1.29, 1.82) is 0 Å². The van der Waals surface area contributed by atoms with E-state index >= 15 is 0 Å². The molecule has 1 aromatic heterocycles. The molecular formula is C10H12N2O2. The van der Waals surface area contributed by atoms with Crippen LogP contribution in [0, 0.1) is 0 Å². The molecule has 1 saturated carbocycles. The molecule has 0 bridgehead atoms. The molecule has 0 atom stereocenters. The number of carbonyl (C=O) groups is 1. The quantitative estimate of drug-likeness (QED) is 0.736. The second-order valence-electron chi connectivity index (χ2n) is 3.31. The van der Waals surface area contributed by atoms with Crippen LogP contribution >= 0.6 is 0 Å². The Morgan fingerprint density at radius 2 is 2.43 bits per heavy atom. The molecule has 0 saturated heterocycles. The summed E-state index contributed by atoms with van der Waals surface area (Å²) in [4.78, 5) is 15.4. The largest absolute Gasteiger partial charge is 0.465 e. The number of aromatic nitrogens is 1. The van der Waals surface area contributed by atoms with Crippen molar-refractivity contribution in [2.75, 3.05) is 12.4 Å². The maximum Gasteiger partial charge on any atom is 0.341 e. The Balaban J connectivity index is 2.22. The van der Waals surface area contributed by atoms with Crippen molar-refractivity contribution in [2.24, 2.45) is 0 Å². The second-order valence-corrected chi connectivity index (χ2v) is 3.31. The number of ether oxygens (including phenoxy) is 1. The van der Waals surface area contributed by atoms with Crippen LogP contribution in [0.3, 0.4) is 0 Å². The molecule has 4 heteroatoms. The molecule has 0 aromatic carbocycles. The van der Waals surface area contributed by atoms with Gasteiger partial charge in [0.05, 0.1) is 7.11 Å².